The van der Waals surface area contributed by atoms with Crippen molar-refractivity contribution in [2.75, 3.05) is 30.3 Å². The fourth-order valence-corrected chi connectivity index (χ4v) is 2.79. The standard InChI is InChI=1S/C18H23N5O/c1-14-13-16(21-15-7-3-2-4-8-15)22-18(20-14)19-10-6-12-23-11-5-9-17(23)24/h2-4,7-8,13H,5-6,9-12H2,1H3,(H2,19,20,21,22). The van der Waals surface area contributed by atoms with Gasteiger partial charge in [0.05, 0.1) is 0 Å². The van der Waals surface area contributed by atoms with Gasteiger partial charge in [-0.3, -0.25) is 4.79 Å². The molecule has 1 aliphatic rings. The summed E-state index contributed by atoms with van der Waals surface area (Å²) in [5.74, 6) is 1.66. The third-order valence-electron chi connectivity index (χ3n) is 3.96. The summed E-state index contributed by atoms with van der Waals surface area (Å²) in [5.41, 5.74) is 1.90. The smallest absolute Gasteiger partial charge is 0.224 e. The molecule has 126 valence electrons. The van der Waals surface area contributed by atoms with Crippen LogP contribution in [-0.2, 0) is 4.79 Å². The predicted octanol–water partition coefficient (Wildman–Crippen LogP) is 2.95. The van der Waals surface area contributed by atoms with Crippen LogP contribution in [0.1, 0.15) is 25.0 Å². The van der Waals surface area contributed by atoms with Gasteiger partial charge in [0.25, 0.3) is 0 Å². The Kier molecular flexibility index (Phi) is 5.25. The van der Waals surface area contributed by atoms with Gasteiger partial charge in [-0.2, -0.15) is 4.98 Å². The number of nitrogens with one attached hydrogen (secondary N) is 2. The second-order valence-electron chi connectivity index (χ2n) is 5.97. The van der Waals surface area contributed by atoms with Crippen LogP contribution < -0.4 is 10.6 Å². The van der Waals surface area contributed by atoms with Gasteiger partial charge in [0.1, 0.15) is 5.82 Å². The van der Waals surface area contributed by atoms with Crippen LogP contribution in [0.3, 0.4) is 0 Å². The molecule has 1 fully saturated rings. The summed E-state index contributed by atoms with van der Waals surface area (Å²) in [4.78, 5) is 22.4. The van der Waals surface area contributed by atoms with Crippen molar-refractivity contribution in [3.05, 3.63) is 42.1 Å². The van der Waals surface area contributed by atoms with E-state index in [1.807, 2.05) is 48.2 Å². The van der Waals surface area contributed by atoms with E-state index in [0.29, 0.717) is 12.4 Å². The first kappa shape index (κ1) is 16.2. The molecule has 0 radical (unpaired) electrons. The number of rotatable bonds is 7. The number of nitrogens with zero attached hydrogens (tertiary/aromatic N) is 3. The van der Waals surface area contributed by atoms with Gasteiger partial charge in [-0.25, -0.2) is 4.98 Å². The number of carbonyl (C=O) groups excluding carboxylic acids is 1. The van der Waals surface area contributed by atoms with E-state index in [2.05, 4.69) is 20.6 Å². The van der Waals surface area contributed by atoms with Crippen molar-refractivity contribution in [2.45, 2.75) is 26.2 Å². The quantitative estimate of drug-likeness (QED) is 0.766. The Morgan fingerprint density at radius 2 is 2.04 bits per heavy atom. The first-order chi connectivity index (χ1) is 11.7. The molecule has 1 aromatic heterocycles. The number of anilines is 3. The number of hydrogen-bond donors (Lipinski definition) is 2. The zero-order valence-electron chi connectivity index (χ0n) is 14.0. The van der Waals surface area contributed by atoms with Crippen LogP contribution in [0.5, 0.6) is 0 Å². The number of amides is 1. The fraction of sp³-hybridized carbons (Fsp3) is 0.389. The summed E-state index contributed by atoms with van der Waals surface area (Å²) in [6, 6.07) is 11.9. The van der Waals surface area contributed by atoms with E-state index in [1.165, 1.54) is 0 Å². The highest BCUT2D eigenvalue weighted by Gasteiger charge is 2.18. The lowest BCUT2D eigenvalue weighted by atomic mass is 10.3. The minimum absolute atomic E-state index is 0.274. The first-order valence-corrected chi connectivity index (χ1v) is 8.40. The van der Waals surface area contributed by atoms with Gasteiger partial charge in [0, 0.05) is 43.5 Å². The van der Waals surface area contributed by atoms with Crippen LogP contribution in [0.4, 0.5) is 17.5 Å². The molecule has 6 nitrogen and oxygen atoms in total. The Balaban J connectivity index is 1.52. The Labute approximate surface area is 142 Å². The van der Waals surface area contributed by atoms with Crippen LogP contribution in [0.2, 0.25) is 0 Å². The van der Waals surface area contributed by atoms with Crippen molar-refractivity contribution in [2.24, 2.45) is 0 Å². The van der Waals surface area contributed by atoms with E-state index in [4.69, 9.17) is 0 Å². The molecule has 2 aromatic rings. The molecule has 1 saturated heterocycles. The van der Waals surface area contributed by atoms with Crippen LogP contribution in [0, 0.1) is 6.92 Å². The molecule has 3 rings (SSSR count). The molecule has 0 spiro atoms. The first-order valence-electron chi connectivity index (χ1n) is 8.40. The molecule has 0 saturated carbocycles. The third kappa shape index (κ3) is 4.44. The van der Waals surface area contributed by atoms with Crippen molar-refractivity contribution in [1.82, 2.24) is 14.9 Å². The maximum absolute atomic E-state index is 11.6. The topological polar surface area (TPSA) is 70.2 Å². The van der Waals surface area contributed by atoms with E-state index >= 15 is 0 Å². The summed E-state index contributed by atoms with van der Waals surface area (Å²) in [6.07, 6.45) is 2.58. The SMILES string of the molecule is Cc1cc(Nc2ccccc2)nc(NCCCN2CCCC2=O)n1. The van der Waals surface area contributed by atoms with Crippen molar-refractivity contribution < 1.29 is 4.79 Å². The Morgan fingerprint density at radius 1 is 1.21 bits per heavy atom. The zero-order valence-corrected chi connectivity index (χ0v) is 14.0. The van der Waals surface area contributed by atoms with Gasteiger partial charge >= 0.3 is 0 Å². The van der Waals surface area contributed by atoms with E-state index in [1.54, 1.807) is 0 Å². The highest BCUT2D eigenvalue weighted by Crippen LogP contribution is 2.16. The van der Waals surface area contributed by atoms with Crippen molar-refractivity contribution in [3.8, 4) is 0 Å². The number of likely N-dealkylation sites (tertiary alicyclic amines) is 1. The Hall–Kier alpha value is -2.63. The van der Waals surface area contributed by atoms with Crippen molar-refractivity contribution in [1.29, 1.82) is 0 Å². The molecule has 0 unspecified atom stereocenters. The molecule has 1 amide bonds. The molecule has 0 aliphatic carbocycles. The molecule has 1 aliphatic heterocycles. The molecule has 6 heteroatoms. The third-order valence-corrected chi connectivity index (χ3v) is 3.96. The fourth-order valence-electron chi connectivity index (χ4n) is 2.79. The second kappa shape index (κ2) is 7.77. The van der Waals surface area contributed by atoms with E-state index in [0.717, 1.165) is 49.7 Å². The van der Waals surface area contributed by atoms with Gasteiger partial charge in [-0.1, -0.05) is 18.2 Å². The normalized spacial score (nSPS) is 14.0. The summed E-state index contributed by atoms with van der Waals surface area (Å²) >= 11 is 0. The average Bonchev–Trinajstić information content (AvgIpc) is 2.97. The predicted molar refractivity (Wildman–Crippen MR) is 95.4 cm³/mol. The summed E-state index contributed by atoms with van der Waals surface area (Å²) in [5, 5.41) is 6.53. The Morgan fingerprint density at radius 3 is 2.79 bits per heavy atom. The molecule has 2 heterocycles. The molecule has 1 aromatic carbocycles. The van der Waals surface area contributed by atoms with E-state index in [-0.39, 0.29) is 5.91 Å². The number of carbonyl (C=O) groups is 1. The van der Waals surface area contributed by atoms with Gasteiger partial charge in [-0.15, -0.1) is 0 Å². The van der Waals surface area contributed by atoms with Crippen LogP contribution >= 0.6 is 0 Å². The molecule has 0 bridgehead atoms. The van der Waals surface area contributed by atoms with Crippen LogP contribution in [0.25, 0.3) is 0 Å². The molecule has 0 atom stereocenters. The highest BCUT2D eigenvalue weighted by molar-refractivity contribution is 5.78. The van der Waals surface area contributed by atoms with Gasteiger partial charge in [0.2, 0.25) is 11.9 Å². The maximum Gasteiger partial charge on any atom is 0.224 e. The second-order valence-corrected chi connectivity index (χ2v) is 5.97. The summed E-state index contributed by atoms with van der Waals surface area (Å²) in [7, 11) is 0. The van der Waals surface area contributed by atoms with Gasteiger partial charge < -0.3 is 15.5 Å². The van der Waals surface area contributed by atoms with Crippen LogP contribution in [0.15, 0.2) is 36.4 Å². The average molecular weight is 325 g/mol. The lowest BCUT2D eigenvalue weighted by Gasteiger charge is -2.15. The number of para-hydroxylation sites is 1. The highest BCUT2D eigenvalue weighted by atomic mass is 16.2. The molecule has 2 N–H and O–H groups in total. The lowest BCUT2D eigenvalue weighted by molar-refractivity contribution is -0.127. The van der Waals surface area contributed by atoms with Crippen molar-refractivity contribution in [3.63, 3.8) is 0 Å². The number of aromatic nitrogens is 2. The van der Waals surface area contributed by atoms with Gasteiger partial charge in [0.15, 0.2) is 0 Å². The summed E-state index contributed by atoms with van der Waals surface area (Å²) in [6.45, 7) is 4.39. The maximum atomic E-state index is 11.6. The number of aryl methyl sites for hydroxylation is 1. The van der Waals surface area contributed by atoms with E-state index in [9.17, 15) is 4.79 Å². The minimum atomic E-state index is 0.274. The minimum Gasteiger partial charge on any atom is -0.354 e. The largest absolute Gasteiger partial charge is 0.354 e. The number of benzene rings is 1. The number of hydrogen-bond acceptors (Lipinski definition) is 5. The molecular weight excluding hydrogens is 302 g/mol. The van der Waals surface area contributed by atoms with Crippen molar-refractivity contribution >= 4 is 23.4 Å². The lowest BCUT2D eigenvalue weighted by Crippen LogP contribution is -2.27. The Bertz CT molecular complexity index is 689. The summed E-state index contributed by atoms with van der Waals surface area (Å²) < 4.78 is 0. The zero-order chi connectivity index (χ0) is 16.8. The van der Waals surface area contributed by atoms with Gasteiger partial charge in [-0.05, 0) is 31.9 Å². The molecular formula is C18H23N5O. The van der Waals surface area contributed by atoms with E-state index < -0.39 is 0 Å². The monoisotopic (exact) mass is 325 g/mol. The van der Waals surface area contributed by atoms with Crippen LogP contribution in [-0.4, -0.2) is 40.4 Å². The molecule has 24 heavy (non-hydrogen) atoms.